The lowest BCUT2D eigenvalue weighted by Gasteiger charge is -2.18. The molecule has 6 nitrogen and oxygen atoms in total. The summed E-state index contributed by atoms with van der Waals surface area (Å²) in [6, 6.07) is 5.83. The number of benzene rings is 1. The smallest absolute Gasteiger partial charge is 0.355 e. The van der Waals surface area contributed by atoms with E-state index < -0.39 is 20.7 Å². The van der Waals surface area contributed by atoms with Crippen LogP contribution in [0.4, 0.5) is 5.69 Å². The number of ether oxygens (including phenoxy) is 2. The molecule has 1 unspecified atom stereocenters. The third kappa shape index (κ3) is 4.03. The van der Waals surface area contributed by atoms with Crippen molar-refractivity contribution in [3.05, 3.63) is 34.6 Å². The summed E-state index contributed by atoms with van der Waals surface area (Å²) in [6.07, 6.45) is 2.58. The van der Waals surface area contributed by atoms with Crippen LogP contribution in [0.15, 0.2) is 29.0 Å². The highest BCUT2D eigenvalue weighted by Crippen LogP contribution is 2.42. The molecule has 0 fully saturated rings. The molecular formula is C19H27NO5S. The molecular weight excluding hydrogens is 354 g/mol. The van der Waals surface area contributed by atoms with Gasteiger partial charge in [0.05, 0.1) is 12.3 Å². The van der Waals surface area contributed by atoms with E-state index in [0.717, 1.165) is 23.9 Å². The van der Waals surface area contributed by atoms with Crippen molar-refractivity contribution in [3.63, 3.8) is 0 Å². The summed E-state index contributed by atoms with van der Waals surface area (Å²) in [6.45, 7) is 8.56. The number of carbonyl (C=O) groups excluding carboxylic acids is 1. The van der Waals surface area contributed by atoms with Crippen molar-refractivity contribution in [2.45, 2.75) is 46.5 Å². The summed E-state index contributed by atoms with van der Waals surface area (Å²) in [4.78, 5) is 13.7. The fourth-order valence-electron chi connectivity index (χ4n) is 2.79. The molecule has 144 valence electrons. The van der Waals surface area contributed by atoms with Crippen molar-refractivity contribution in [2.75, 3.05) is 24.3 Å². The molecule has 1 aliphatic heterocycles. The van der Waals surface area contributed by atoms with Gasteiger partial charge in [-0.05, 0) is 43.4 Å². The first kappa shape index (κ1) is 20.3. The molecule has 0 saturated heterocycles. The molecule has 0 aromatic heterocycles. The van der Waals surface area contributed by atoms with Crippen molar-refractivity contribution >= 4 is 21.5 Å². The normalized spacial score (nSPS) is 16.7. The summed E-state index contributed by atoms with van der Waals surface area (Å²) >= 11 is 0. The molecule has 26 heavy (non-hydrogen) atoms. The van der Waals surface area contributed by atoms with Crippen LogP contribution in [-0.2, 0) is 19.4 Å². The molecule has 1 heterocycles. The topological polar surface area (TPSA) is 72.9 Å². The number of nitrogens with zero attached hydrogens (tertiary/aromatic N) is 1. The Balaban J connectivity index is 2.55. The SMILES string of the molecule is CCCOC(=O)/C(=C1/Oc2cc(C(C)CC)ccc2N1CC)S(C)(=O)=O. The van der Waals surface area contributed by atoms with E-state index in [4.69, 9.17) is 9.47 Å². The van der Waals surface area contributed by atoms with Gasteiger partial charge in [0.15, 0.2) is 15.6 Å². The molecule has 1 aromatic rings. The number of sulfone groups is 1. The van der Waals surface area contributed by atoms with Crippen LogP contribution in [0.1, 0.15) is 52.0 Å². The lowest BCUT2D eigenvalue weighted by molar-refractivity contribution is -0.138. The first-order chi connectivity index (χ1) is 12.2. The zero-order chi connectivity index (χ0) is 19.5. The van der Waals surface area contributed by atoms with Gasteiger partial charge >= 0.3 is 5.97 Å². The molecule has 0 bridgehead atoms. The van der Waals surface area contributed by atoms with Crippen LogP contribution in [0.5, 0.6) is 5.75 Å². The maximum Gasteiger partial charge on any atom is 0.355 e. The Labute approximate surface area is 155 Å². The van der Waals surface area contributed by atoms with E-state index in [0.29, 0.717) is 24.6 Å². The van der Waals surface area contributed by atoms with Gasteiger partial charge in [-0.1, -0.05) is 26.8 Å². The highest BCUT2D eigenvalue weighted by atomic mass is 32.2. The zero-order valence-electron chi connectivity index (χ0n) is 16.0. The molecule has 0 N–H and O–H groups in total. The Bertz CT molecular complexity index is 813. The number of esters is 1. The van der Waals surface area contributed by atoms with Gasteiger partial charge in [-0.3, -0.25) is 0 Å². The average Bonchev–Trinajstić information content (AvgIpc) is 2.94. The number of fused-ring (bicyclic) bond motifs is 1. The average molecular weight is 381 g/mol. The van der Waals surface area contributed by atoms with E-state index >= 15 is 0 Å². The van der Waals surface area contributed by atoms with E-state index in [1.54, 1.807) is 4.90 Å². The minimum Gasteiger partial charge on any atom is -0.461 e. The second-order valence-corrected chi connectivity index (χ2v) is 8.38. The van der Waals surface area contributed by atoms with Crippen molar-refractivity contribution in [3.8, 4) is 5.75 Å². The molecule has 2 rings (SSSR count). The molecule has 0 spiro atoms. The summed E-state index contributed by atoms with van der Waals surface area (Å²) in [5.74, 6) is 0.0603. The van der Waals surface area contributed by atoms with Crippen molar-refractivity contribution in [2.24, 2.45) is 0 Å². The van der Waals surface area contributed by atoms with E-state index in [1.165, 1.54) is 0 Å². The van der Waals surface area contributed by atoms with Crippen LogP contribution < -0.4 is 9.64 Å². The Morgan fingerprint density at radius 2 is 1.96 bits per heavy atom. The Kier molecular flexibility index (Phi) is 6.34. The quantitative estimate of drug-likeness (QED) is 0.531. The Morgan fingerprint density at radius 1 is 1.27 bits per heavy atom. The maximum absolute atomic E-state index is 12.4. The largest absolute Gasteiger partial charge is 0.461 e. The van der Waals surface area contributed by atoms with Crippen molar-refractivity contribution in [1.82, 2.24) is 0 Å². The highest BCUT2D eigenvalue weighted by Gasteiger charge is 2.36. The monoisotopic (exact) mass is 381 g/mol. The minimum atomic E-state index is -3.83. The predicted molar refractivity (Wildman–Crippen MR) is 102 cm³/mol. The summed E-state index contributed by atoms with van der Waals surface area (Å²) in [5.41, 5.74) is 1.86. The zero-order valence-corrected chi connectivity index (χ0v) is 16.9. The van der Waals surface area contributed by atoms with E-state index in [1.807, 2.05) is 32.0 Å². The molecule has 1 aliphatic rings. The number of anilines is 1. The first-order valence-electron chi connectivity index (χ1n) is 8.95. The van der Waals surface area contributed by atoms with Gasteiger partial charge in [-0.15, -0.1) is 0 Å². The van der Waals surface area contributed by atoms with Crippen molar-refractivity contribution < 1.29 is 22.7 Å². The third-order valence-electron chi connectivity index (χ3n) is 4.41. The highest BCUT2D eigenvalue weighted by molar-refractivity contribution is 7.95. The summed E-state index contributed by atoms with van der Waals surface area (Å²) < 4.78 is 35.5. The van der Waals surface area contributed by atoms with Crippen LogP contribution in [0.2, 0.25) is 0 Å². The number of carbonyl (C=O) groups is 1. The lowest BCUT2D eigenvalue weighted by Crippen LogP contribution is -2.27. The van der Waals surface area contributed by atoms with Gasteiger partial charge in [0.1, 0.15) is 0 Å². The molecule has 0 aliphatic carbocycles. The van der Waals surface area contributed by atoms with Gasteiger partial charge in [0.2, 0.25) is 10.8 Å². The summed E-state index contributed by atoms with van der Waals surface area (Å²) in [7, 11) is -3.83. The van der Waals surface area contributed by atoms with Crippen LogP contribution in [-0.4, -0.2) is 33.8 Å². The van der Waals surface area contributed by atoms with Crippen LogP contribution >= 0.6 is 0 Å². The fraction of sp³-hybridized carbons (Fsp3) is 0.526. The lowest BCUT2D eigenvalue weighted by atomic mass is 9.98. The third-order valence-corrected chi connectivity index (χ3v) is 5.49. The molecule has 1 aromatic carbocycles. The van der Waals surface area contributed by atoms with Crippen LogP contribution in [0, 0.1) is 0 Å². The second-order valence-electron chi connectivity index (χ2n) is 6.43. The van der Waals surface area contributed by atoms with Crippen LogP contribution in [0.3, 0.4) is 0 Å². The molecule has 7 heteroatoms. The van der Waals surface area contributed by atoms with Gasteiger partial charge < -0.3 is 14.4 Å². The number of rotatable bonds is 7. The summed E-state index contributed by atoms with van der Waals surface area (Å²) in [5, 5.41) is 0. The molecule has 1 atom stereocenters. The van der Waals surface area contributed by atoms with Crippen LogP contribution in [0.25, 0.3) is 0 Å². The van der Waals surface area contributed by atoms with E-state index in [-0.39, 0.29) is 12.5 Å². The van der Waals surface area contributed by atoms with Gasteiger partial charge in [0, 0.05) is 12.8 Å². The Morgan fingerprint density at radius 3 is 2.50 bits per heavy atom. The molecule has 0 saturated carbocycles. The standard InChI is InChI=1S/C19H27NO5S/c1-6-11-24-19(21)17(26(5,22)23)18-20(8-3)15-10-9-14(13(4)7-2)12-16(15)25-18/h9-10,12-13H,6-8,11H2,1-5H3/b18-17-. The second kappa shape index (κ2) is 8.12. The maximum atomic E-state index is 12.4. The molecule has 0 radical (unpaired) electrons. The number of hydrogen-bond acceptors (Lipinski definition) is 6. The van der Waals surface area contributed by atoms with Gasteiger partial charge in [0.25, 0.3) is 0 Å². The van der Waals surface area contributed by atoms with Gasteiger partial charge in [-0.2, -0.15) is 0 Å². The van der Waals surface area contributed by atoms with Crippen molar-refractivity contribution in [1.29, 1.82) is 0 Å². The minimum absolute atomic E-state index is 0.0207. The number of hydrogen-bond donors (Lipinski definition) is 0. The fourth-order valence-corrected chi connectivity index (χ4v) is 3.62. The predicted octanol–water partition coefficient (Wildman–Crippen LogP) is 3.59. The van der Waals surface area contributed by atoms with Gasteiger partial charge in [-0.25, -0.2) is 13.2 Å². The van der Waals surface area contributed by atoms with E-state index in [9.17, 15) is 13.2 Å². The Hall–Kier alpha value is -2.02. The first-order valence-corrected chi connectivity index (χ1v) is 10.8. The van der Waals surface area contributed by atoms with E-state index in [2.05, 4.69) is 13.8 Å². The molecule has 0 amide bonds.